The minimum Gasteiger partial charge on any atom is -0.382 e. The van der Waals surface area contributed by atoms with E-state index in [9.17, 15) is 9.59 Å². The molecule has 1 aliphatic rings. The average Bonchev–Trinajstić information content (AvgIpc) is 3.55. The van der Waals surface area contributed by atoms with Gasteiger partial charge in [-0.15, -0.1) is 0 Å². The lowest BCUT2D eigenvalue weighted by Gasteiger charge is -2.18. The highest BCUT2D eigenvalue weighted by Gasteiger charge is 2.43. The van der Waals surface area contributed by atoms with Gasteiger partial charge in [0.05, 0.1) is 5.56 Å². The SMILES string of the molecule is CCOCCCNC(=O)c1cc(NC(=O)[C@@H]2C[C@H]2c2ccccc2)ccc1N(C)C. The Kier molecular flexibility index (Phi) is 7.46. The molecule has 30 heavy (non-hydrogen) atoms. The molecule has 0 saturated heterocycles. The lowest BCUT2D eigenvalue weighted by molar-refractivity contribution is -0.117. The fourth-order valence-corrected chi connectivity index (χ4v) is 3.59. The topological polar surface area (TPSA) is 70.7 Å². The van der Waals surface area contributed by atoms with Crippen molar-refractivity contribution in [3.63, 3.8) is 0 Å². The maximum atomic E-state index is 12.7. The second-order valence-corrected chi connectivity index (χ2v) is 7.78. The van der Waals surface area contributed by atoms with E-state index in [1.807, 2.05) is 56.3 Å². The van der Waals surface area contributed by atoms with Crippen molar-refractivity contribution in [2.75, 3.05) is 44.1 Å². The van der Waals surface area contributed by atoms with Crippen LogP contribution in [0.5, 0.6) is 0 Å². The van der Waals surface area contributed by atoms with Crippen molar-refractivity contribution in [1.29, 1.82) is 0 Å². The molecule has 0 aromatic heterocycles. The predicted molar refractivity (Wildman–Crippen MR) is 120 cm³/mol. The summed E-state index contributed by atoms with van der Waals surface area (Å²) in [5, 5.41) is 5.93. The van der Waals surface area contributed by atoms with E-state index in [-0.39, 0.29) is 23.7 Å². The third-order valence-electron chi connectivity index (χ3n) is 5.30. The van der Waals surface area contributed by atoms with Crippen molar-refractivity contribution in [2.45, 2.75) is 25.7 Å². The van der Waals surface area contributed by atoms with Crippen LogP contribution in [-0.2, 0) is 9.53 Å². The van der Waals surface area contributed by atoms with E-state index < -0.39 is 0 Å². The molecule has 2 aromatic carbocycles. The van der Waals surface area contributed by atoms with E-state index in [1.54, 1.807) is 6.07 Å². The summed E-state index contributed by atoms with van der Waals surface area (Å²) in [6, 6.07) is 15.6. The molecule has 6 nitrogen and oxygen atoms in total. The molecular formula is C24H31N3O3. The smallest absolute Gasteiger partial charge is 0.253 e. The Morgan fingerprint density at radius 3 is 2.60 bits per heavy atom. The molecule has 0 unspecified atom stereocenters. The molecule has 0 bridgehead atoms. The first-order chi connectivity index (χ1) is 14.5. The summed E-state index contributed by atoms with van der Waals surface area (Å²) in [6.45, 7) is 3.79. The minimum absolute atomic E-state index is 0.00419. The number of anilines is 2. The van der Waals surface area contributed by atoms with Gasteiger partial charge in [0.15, 0.2) is 0 Å². The van der Waals surface area contributed by atoms with Gasteiger partial charge < -0.3 is 20.3 Å². The maximum Gasteiger partial charge on any atom is 0.253 e. The fraction of sp³-hybridized carbons (Fsp3) is 0.417. The van der Waals surface area contributed by atoms with E-state index >= 15 is 0 Å². The summed E-state index contributed by atoms with van der Waals surface area (Å²) in [5.74, 6) is 0.113. The van der Waals surface area contributed by atoms with Crippen LogP contribution in [0, 0.1) is 5.92 Å². The molecule has 0 radical (unpaired) electrons. The quantitative estimate of drug-likeness (QED) is 0.588. The van der Waals surface area contributed by atoms with Gasteiger partial charge in [-0.1, -0.05) is 30.3 Å². The predicted octanol–water partition coefficient (Wildman–Crippen LogP) is 3.65. The van der Waals surface area contributed by atoms with Gasteiger partial charge in [-0.05, 0) is 49.4 Å². The first-order valence-electron chi connectivity index (χ1n) is 10.5. The lowest BCUT2D eigenvalue weighted by Crippen LogP contribution is -2.27. The Morgan fingerprint density at radius 2 is 1.90 bits per heavy atom. The number of nitrogens with one attached hydrogen (secondary N) is 2. The highest BCUT2D eigenvalue weighted by atomic mass is 16.5. The highest BCUT2D eigenvalue weighted by Crippen LogP contribution is 2.47. The Morgan fingerprint density at radius 1 is 1.13 bits per heavy atom. The van der Waals surface area contributed by atoms with E-state index in [2.05, 4.69) is 22.8 Å². The van der Waals surface area contributed by atoms with Crippen molar-refractivity contribution in [3.8, 4) is 0 Å². The molecule has 0 aliphatic heterocycles. The van der Waals surface area contributed by atoms with Crippen LogP contribution in [0.4, 0.5) is 11.4 Å². The number of ether oxygens (including phenoxy) is 1. The second kappa shape index (κ2) is 10.3. The van der Waals surface area contributed by atoms with Gasteiger partial charge in [0.2, 0.25) is 5.91 Å². The molecule has 2 amide bonds. The molecule has 1 aliphatic carbocycles. The Hall–Kier alpha value is -2.86. The van der Waals surface area contributed by atoms with Crippen LogP contribution < -0.4 is 15.5 Å². The standard InChI is InChI=1S/C24H31N3O3/c1-4-30-14-8-13-25-23(28)21-15-18(11-12-22(21)27(2)3)26-24(29)20-16-19(20)17-9-6-5-7-10-17/h5-7,9-12,15,19-20H,4,8,13-14,16H2,1-3H3,(H,25,28)(H,26,29)/t19-,20+/m0/s1. The number of benzene rings is 2. The van der Waals surface area contributed by atoms with Crippen LogP contribution in [0.2, 0.25) is 0 Å². The van der Waals surface area contributed by atoms with E-state index in [0.717, 1.165) is 18.5 Å². The number of rotatable bonds is 10. The van der Waals surface area contributed by atoms with Crippen LogP contribution in [-0.4, -0.2) is 45.7 Å². The zero-order valence-electron chi connectivity index (χ0n) is 18.0. The molecule has 1 fully saturated rings. The van der Waals surface area contributed by atoms with Crippen molar-refractivity contribution in [2.24, 2.45) is 5.92 Å². The minimum atomic E-state index is -0.153. The molecule has 160 valence electrons. The number of amides is 2. The molecule has 3 rings (SSSR count). The van der Waals surface area contributed by atoms with E-state index in [0.29, 0.717) is 31.0 Å². The van der Waals surface area contributed by atoms with Gasteiger partial charge in [0.1, 0.15) is 0 Å². The average molecular weight is 410 g/mol. The van der Waals surface area contributed by atoms with E-state index in [4.69, 9.17) is 4.74 Å². The molecule has 6 heteroatoms. The maximum absolute atomic E-state index is 12.7. The monoisotopic (exact) mass is 409 g/mol. The van der Waals surface area contributed by atoms with E-state index in [1.165, 1.54) is 5.56 Å². The molecule has 0 spiro atoms. The van der Waals surface area contributed by atoms with Gasteiger partial charge >= 0.3 is 0 Å². The van der Waals surface area contributed by atoms with Crippen LogP contribution in [0.1, 0.15) is 41.6 Å². The molecular weight excluding hydrogens is 378 g/mol. The van der Waals surface area contributed by atoms with Crippen molar-refractivity contribution < 1.29 is 14.3 Å². The van der Waals surface area contributed by atoms with Gasteiger partial charge in [0.25, 0.3) is 5.91 Å². The van der Waals surface area contributed by atoms with Crippen molar-refractivity contribution in [1.82, 2.24) is 5.32 Å². The molecule has 1 saturated carbocycles. The summed E-state index contributed by atoms with van der Waals surface area (Å²) in [4.78, 5) is 27.3. The second-order valence-electron chi connectivity index (χ2n) is 7.78. The third-order valence-corrected chi connectivity index (χ3v) is 5.30. The Balaban J connectivity index is 1.63. The Bertz CT molecular complexity index is 867. The zero-order valence-corrected chi connectivity index (χ0v) is 18.0. The summed E-state index contributed by atoms with van der Waals surface area (Å²) < 4.78 is 5.31. The van der Waals surface area contributed by atoms with Crippen molar-refractivity contribution in [3.05, 3.63) is 59.7 Å². The number of hydrogen-bond acceptors (Lipinski definition) is 4. The molecule has 0 heterocycles. The summed E-state index contributed by atoms with van der Waals surface area (Å²) in [7, 11) is 3.79. The first-order valence-corrected chi connectivity index (χ1v) is 10.5. The van der Waals surface area contributed by atoms with Crippen LogP contribution in [0.25, 0.3) is 0 Å². The third kappa shape index (κ3) is 5.60. The lowest BCUT2D eigenvalue weighted by atomic mass is 10.1. The number of hydrogen-bond donors (Lipinski definition) is 2. The first kappa shape index (κ1) is 21.8. The normalized spacial score (nSPS) is 17.3. The van der Waals surface area contributed by atoms with Gasteiger partial charge in [-0.25, -0.2) is 0 Å². The fourth-order valence-electron chi connectivity index (χ4n) is 3.59. The van der Waals surface area contributed by atoms with Gasteiger partial charge in [-0.2, -0.15) is 0 Å². The summed E-state index contributed by atoms with van der Waals surface area (Å²) in [5.41, 5.74) is 3.20. The van der Waals surface area contributed by atoms with Crippen LogP contribution >= 0.6 is 0 Å². The Labute approximate surface area is 178 Å². The molecule has 2 atom stereocenters. The summed E-state index contributed by atoms with van der Waals surface area (Å²) >= 11 is 0. The van der Waals surface area contributed by atoms with Gasteiger partial charge in [0, 0.05) is 51.1 Å². The largest absolute Gasteiger partial charge is 0.382 e. The van der Waals surface area contributed by atoms with Crippen LogP contribution in [0.3, 0.4) is 0 Å². The number of carbonyl (C=O) groups is 2. The molecule has 2 N–H and O–H groups in total. The summed E-state index contributed by atoms with van der Waals surface area (Å²) in [6.07, 6.45) is 1.62. The number of carbonyl (C=O) groups excluding carboxylic acids is 2. The zero-order chi connectivity index (χ0) is 21.5. The highest BCUT2D eigenvalue weighted by molar-refractivity contribution is 6.02. The molecule has 2 aromatic rings. The van der Waals surface area contributed by atoms with Crippen LogP contribution in [0.15, 0.2) is 48.5 Å². The van der Waals surface area contributed by atoms with Gasteiger partial charge in [-0.3, -0.25) is 9.59 Å². The van der Waals surface area contributed by atoms with Crippen molar-refractivity contribution >= 4 is 23.2 Å². The number of nitrogens with zero attached hydrogens (tertiary/aromatic N) is 1.